The van der Waals surface area contributed by atoms with Gasteiger partial charge in [0.05, 0.1) is 53.5 Å². The predicted octanol–water partition coefficient (Wildman–Crippen LogP) is 12.7. The van der Waals surface area contributed by atoms with Crippen LogP contribution in [0.1, 0.15) is 151 Å². The van der Waals surface area contributed by atoms with Crippen molar-refractivity contribution in [3.05, 3.63) is 124 Å². The highest BCUT2D eigenvalue weighted by Gasteiger charge is 2.24. The van der Waals surface area contributed by atoms with Crippen LogP contribution in [-0.4, -0.2) is 92.7 Å². The van der Waals surface area contributed by atoms with Crippen molar-refractivity contribution >= 4 is 5.69 Å². The summed E-state index contributed by atoms with van der Waals surface area (Å²) in [4.78, 5) is 11.0. The van der Waals surface area contributed by atoms with E-state index < -0.39 is 0 Å². The molecule has 8 rings (SSSR count). The van der Waals surface area contributed by atoms with E-state index in [0.29, 0.717) is 37.7 Å². The molecule has 0 spiro atoms. The zero-order chi connectivity index (χ0) is 55.4. The predicted molar refractivity (Wildman–Crippen MR) is 307 cm³/mol. The van der Waals surface area contributed by atoms with Crippen molar-refractivity contribution in [2.75, 3.05) is 51.4 Å². The number of ether oxygens (including phenoxy) is 6. The van der Waals surface area contributed by atoms with E-state index in [1.54, 1.807) is 6.07 Å². The number of benzene rings is 4. The summed E-state index contributed by atoms with van der Waals surface area (Å²) in [5.41, 5.74) is 5.18. The number of hydrogen-bond acceptors (Lipinski definition) is 11. The van der Waals surface area contributed by atoms with Gasteiger partial charge in [-0.05, 0) is 216 Å². The van der Waals surface area contributed by atoms with E-state index in [-0.39, 0.29) is 42.1 Å². The van der Waals surface area contributed by atoms with Gasteiger partial charge in [-0.15, -0.1) is 6.42 Å². The first-order valence-corrected chi connectivity index (χ1v) is 27.4. The number of nitrogens with zero attached hydrogens (tertiary/aromatic N) is 3. The Hall–Kier alpha value is -4.87. The van der Waals surface area contributed by atoms with Crippen LogP contribution in [0.5, 0.6) is 11.5 Å². The first-order chi connectivity index (χ1) is 35.5. The topological polar surface area (TPSA) is 107 Å². The lowest BCUT2D eigenvalue weighted by atomic mass is 9.95. The smallest absolute Gasteiger partial charge is 0.223 e. The Kier molecular flexibility index (Phi) is 29.2. The molecule has 4 heterocycles. The number of hydrogen-bond donors (Lipinski definition) is 2. The molecule has 0 saturated carbocycles. The number of nitrogens with one attached hydrogen (secondary N) is 2. The number of anilines is 1. The van der Waals surface area contributed by atoms with Crippen molar-refractivity contribution in [3.63, 3.8) is 0 Å². The molecule has 0 bridgehead atoms. The third-order valence-corrected chi connectivity index (χ3v) is 12.0. The highest BCUT2D eigenvalue weighted by molar-refractivity contribution is 5.52. The average molecular weight is 1040 g/mol. The normalized spacial score (nSPS) is 16.0. The minimum Gasteiger partial charge on any atom is -0.491 e. The SMILES string of the molecule is C#Cc1ccc(COC(C)C)cc1.CC(C)(C)N1CCCC1.CC(C)(C)OCCC1CCNCC1.CC(C)OCC1OCc2ccccc2O1.CC(C)Oc1ccc2c(c1)=NCN=2.Cc1cccc(F)c1NC(C)C. The minimum absolute atomic E-state index is 0.0346. The van der Waals surface area contributed by atoms with Crippen LogP contribution < -0.4 is 30.8 Å². The first-order valence-electron chi connectivity index (χ1n) is 27.4. The van der Waals surface area contributed by atoms with E-state index >= 15 is 0 Å². The third-order valence-electron chi connectivity index (χ3n) is 12.0. The molecular weight excluding hydrogens is 942 g/mol. The van der Waals surface area contributed by atoms with Gasteiger partial charge < -0.3 is 39.1 Å². The summed E-state index contributed by atoms with van der Waals surface area (Å²) in [6, 6.07) is 26.9. The average Bonchev–Trinajstić information content (AvgIpc) is 4.09. The summed E-state index contributed by atoms with van der Waals surface area (Å²) in [5.74, 6) is 5.07. The molecular formula is C63H96FN5O6. The molecule has 1 unspecified atom stereocenters. The number of rotatable bonds is 13. The minimum atomic E-state index is -0.276. The summed E-state index contributed by atoms with van der Waals surface area (Å²) < 4.78 is 46.4. The van der Waals surface area contributed by atoms with Crippen LogP contribution in [0.15, 0.2) is 94.9 Å². The van der Waals surface area contributed by atoms with Gasteiger partial charge in [0, 0.05) is 35.4 Å². The number of para-hydroxylation sites is 2. The zero-order valence-electron chi connectivity index (χ0n) is 48.7. The lowest BCUT2D eigenvalue weighted by Gasteiger charge is -2.31. The first kappa shape index (κ1) is 64.4. The van der Waals surface area contributed by atoms with E-state index in [4.69, 9.17) is 34.8 Å². The number of piperidine rings is 1. The fraction of sp³-hybridized carbons (Fsp3) is 0.587. The highest BCUT2D eigenvalue weighted by Crippen LogP contribution is 2.26. The molecule has 11 nitrogen and oxygen atoms in total. The second-order valence-electron chi connectivity index (χ2n) is 22.4. The molecule has 0 aliphatic carbocycles. The fourth-order valence-corrected chi connectivity index (χ4v) is 7.90. The molecule has 2 fully saturated rings. The second-order valence-corrected chi connectivity index (χ2v) is 22.4. The quantitative estimate of drug-likeness (QED) is 0.127. The fourth-order valence-electron chi connectivity index (χ4n) is 7.90. The van der Waals surface area contributed by atoms with Gasteiger partial charge in [0.15, 0.2) is 0 Å². The van der Waals surface area contributed by atoms with Gasteiger partial charge in [-0.2, -0.15) is 0 Å². The Bertz CT molecular complexity index is 2340. The molecule has 0 radical (unpaired) electrons. The maximum atomic E-state index is 13.1. The van der Waals surface area contributed by atoms with Crippen molar-refractivity contribution in [1.29, 1.82) is 0 Å². The second kappa shape index (κ2) is 34.0. The van der Waals surface area contributed by atoms with Gasteiger partial charge in [0.2, 0.25) is 6.29 Å². The van der Waals surface area contributed by atoms with Crippen molar-refractivity contribution in [2.45, 2.75) is 191 Å². The third kappa shape index (κ3) is 27.7. The summed E-state index contributed by atoms with van der Waals surface area (Å²) in [6.07, 6.45) is 12.3. The summed E-state index contributed by atoms with van der Waals surface area (Å²) >= 11 is 0. The van der Waals surface area contributed by atoms with Crippen LogP contribution in [0.25, 0.3) is 0 Å². The van der Waals surface area contributed by atoms with Gasteiger partial charge in [-0.3, -0.25) is 14.9 Å². The van der Waals surface area contributed by atoms with Crippen LogP contribution in [0.3, 0.4) is 0 Å². The van der Waals surface area contributed by atoms with Crippen LogP contribution in [0.4, 0.5) is 10.1 Å². The molecule has 12 heteroatoms. The molecule has 4 aliphatic heterocycles. The largest absolute Gasteiger partial charge is 0.491 e. The van der Waals surface area contributed by atoms with Crippen LogP contribution in [-0.2, 0) is 32.2 Å². The number of halogens is 1. The van der Waals surface area contributed by atoms with Crippen molar-refractivity contribution in [2.24, 2.45) is 15.9 Å². The number of likely N-dealkylation sites (tertiary alicyclic amines) is 1. The van der Waals surface area contributed by atoms with E-state index in [2.05, 4.69) is 73.0 Å². The Balaban J connectivity index is 0.000000238. The molecule has 2 saturated heterocycles. The van der Waals surface area contributed by atoms with Crippen molar-refractivity contribution in [3.8, 4) is 23.8 Å². The van der Waals surface area contributed by atoms with Crippen LogP contribution >= 0.6 is 0 Å². The van der Waals surface area contributed by atoms with Gasteiger partial charge in [0.25, 0.3) is 0 Å². The molecule has 4 aromatic carbocycles. The van der Waals surface area contributed by atoms with Crippen LogP contribution in [0, 0.1) is 31.0 Å². The Morgan fingerprint density at radius 3 is 2.03 bits per heavy atom. The molecule has 75 heavy (non-hydrogen) atoms. The van der Waals surface area contributed by atoms with Gasteiger partial charge in [-0.25, -0.2) is 4.39 Å². The van der Waals surface area contributed by atoms with E-state index in [0.717, 1.165) is 57.0 Å². The standard InChI is InChI=1S/C12H16O3.C12H14O.C11H23NO.C10H14FN.C10H12N2O.C8H17N/c1-9(2)13-8-12-14-7-10-5-3-4-6-11(10)15-12;1-4-11-5-7-12(8-6-11)9-13-10(2)3;1-11(2,3)13-9-6-10-4-7-12-8-5-10;1-7(2)12-10-8(3)5-4-6-9(10)11;1-7(2)13-8-3-4-9-10(5-8)12-6-11-9;1-8(2,3)9-6-4-5-7-9/h3-6,9,12H,7-8H2,1-2H3;1,5-8,10H,9H2,2-3H3;10,12H,4-9H2,1-3H3;4-7,12H,1-3H3;3-5,7H,6H2,1-2H3;4-7H2,1-3H3. The maximum absolute atomic E-state index is 13.1. The zero-order valence-corrected chi connectivity index (χ0v) is 48.7. The highest BCUT2D eigenvalue weighted by atomic mass is 19.1. The van der Waals surface area contributed by atoms with Crippen molar-refractivity contribution < 1.29 is 32.8 Å². The summed E-state index contributed by atoms with van der Waals surface area (Å²) in [6.45, 7) is 39.4. The Morgan fingerprint density at radius 1 is 0.800 bits per heavy atom. The lowest BCUT2D eigenvalue weighted by Crippen LogP contribution is -2.38. The Morgan fingerprint density at radius 2 is 1.45 bits per heavy atom. The molecule has 2 N–H and O–H groups in total. The van der Waals surface area contributed by atoms with Crippen molar-refractivity contribution in [1.82, 2.24) is 10.2 Å². The number of terminal acetylenes is 1. The lowest BCUT2D eigenvalue weighted by molar-refractivity contribution is -0.150. The van der Waals surface area contributed by atoms with Gasteiger partial charge in [0.1, 0.15) is 30.6 Å². The molecule has 4 aromatic rings. The molecule has 0 amide bonds. The van der Waals surface area contributed by atoms with E-state index in [1.807, 2.05) is 135 Å². The Labute approximate surface area is 452 Å². The summed E-state index contributed by atoms with van der Waals surface area (Å²) in [7, 11) is 0. The van der Waals surface area contributed by atoms with E-state index in [9.17, 15) is 4.39 Å². The van der Waals surface area contributed by atoms with E-state index in [1.165, 1.54) is 64.3 Å². The van der Waals surface area contributed by atoms with Gasteiger partial charge >= 0.3 is 0 Å². The number of aryl methyl sites for hydroxylation is 1. The van der Waals surface area contributed by atoms with Gasteiger partial charge in [-0.1, -0.05) is 48.4 Å². The molecule has 416 valence electrons. The summed E-state index contributed by atoms with van der Waals surface area (Å²) in [5, 5.41) is 8.36. The molecule has 0 aromatic heterocycles. The maximum Gasteiger partial charge on any atom is 0.223 e. The molecule has 4 aliphatic rings. The molecule has 1 atom stereocenters. The number of fused-ring (bicyclic) bond motifs is 2. The monoisotopic (exact) mass is 1040 g/mol. The van der Waals surface area contributed by atoms with Crippen LogP contribution in [0.2, 0.25) is 0 Å².